The van der Waals surface area contributed by atoms with Gasteiger partial charge in [0.15, 0.2) is 5.65 Å². The van der Waals surface area contributed by atoms with Crippen molar-refractivity contribution in [1.29, 1.82) is 0 Å². The Morgan fingerprint density at radius 3 is 2.65 bits per heavy atom. The van der Waals surface area contributed by atoms with E-state index in [9.17, 15) is 36.6 Å². The fraction of sp³-hybridized carbons (Fsp3) is 0.619. The maximum Gasteiger partial charge on any atom is 0.405 e. The molecule has 3 N–H and O–H groups in total. The summed E-state index contributed by atoms with van der Waals surface area (Å²) in [5.41, 5.74) is 1.05. The van der Waals surface area contributed by atoms with E-state index in [4.69, 9.17) is 0 Å². The van der Waals surface area contributed by atoms with Gasteiger partial charge in [-0.2, -0.15) is 18.3 Å². The summed E-state index contributed by atoms with van der Waals surface area (Å²) in [5.74, 6) is -6.11. The van der Waals surface area contributed by atoms with E-state index in [0.29, 0.717) is 17.0 Å². The first-order chi connectivity index (χ1) is 15.9. The van der Waals surface area contributed by atoms with Crippen LogP contribution in [0.15, 0.2) is 18.3 Å². The Balaban J connectivity index is 1.53. The predicted molar refractivity (Wildman–Crippen MR) is 108 cm³/mol. The van der Waals surface area contributed by atoms with Crippen molar-refractivity contribution in [2.45, 2.75) is 56.7 Å². The lowest BCUT2D eigenvalue weighted by Crippen LogP contribution is -2.47. The van der Waals surface area contributed by atoms with Gasteiger partial charge in [0.25, 0.3) is 0 Å². The molecule has 0 bridgehead atoms. The predicted octanol–water partition coefficient (Wildman–Crippen LogP) is 3.72. The van der Waals surface area contributed by atoms with Gasteiger partial charge in [-0.15, -0.1) is 0 Å². The zero-order valence-corrected chi connectivity index (χ0v) is 18.0. The van der Waals surface area contributed by atoms with Crippen molar-refractivity contribution in [2.75, 3.05) is 6.54 Å². The molecule has 13 heteroatoms. The maximum atomic E-state index is 13.6. The number of fused-ring (bicyclic) bond motifs is 1. The van der Waals surface area contributed by atoms with E-state index in [-0.39, 0.29) is 44.4 Å². The van der Waals surface area contributed by atoms with Crippen molar-refractivity contribution >= 4 is 17.6 Å². The third kappa shape index (κ3) is 5.39. The lowest BCUT2D eigenvalue weighted by Gasteiger charge is -2.32. The third-order valence-corrected chi connectivity index (χ3v) is 6.61. The molecule has 2 amide bonds. The van der Waals surface area contributed by atoms with E-state index >= 15 is 0 Å². The average molecular weight is 489 g/mol. The molecular weight excluding hydrogens is 465 g/mol. The molecule has 2 aromatic rings. The van der Waals surface area contributed by atoms with Gasteiger partial charge in [0.1, 0.15) is 0 Å². The van der Waals surface area contributed by atoms with Crippen LogP contribution in [-0.4, -0.2) is 50.3 Å². The molecule has 34 heavy (non-hydrogen) atoms. The Labute approximate surface area is 190 Å². The number of amides is 2. The van der Waals surface area contributed by atoms with Crippen LogP contribution in [0.5, 0.6) is 0 Å². The highest BCUT2D eigenvalue weighted by Gasteiger charge is 2.45. The van der Waals surface area contributed by atoms with Gasteiger partial charge in [-0.1, -0.05) is 0 Å². The summed E-state index contributed by atoms with van der Waals surface area (Å²) in [6, 6.07) is 2.31. The van der Waals surface area contributed by atoms with Crippen molar-refractivity contribution in [1.82, 2.24) is 25.2 Å². The molecule has 1 aliphatic carbocycles. The van der Waals surface area contributed by atoms with Crippen LogP contribution in [0.3, 0.4) is 0 Å². The zero-order chi connectivity index (χ0) is 24.7. The number of rotatable bonds is 5. The van der Waals surface area contributed by atoms with Gasteiger partial charge >= 0.3 is 12.3 Å². The van der Waals surface area contributed by atoms with E-state index in [1.54, 1.807) is 12.1 Å². The van der Waals surface area contributed by atoms with Gasteiger partial charge in [0, 0.05) is 31.7 Å². The standard InChI is InChI=1S/C21H24F5N5O3/c22-20(23)5-3-11(4-6-20)17(29-19(33)34)15-10-31-16(28-15)2-1-14(30-31)8-12-7-13(21(24,25)26)9-27-18(12)32/h1-2,10-13,17,29H,3-9H2,(H,27,32)(H,33,34)/t12?,13-,17+/m1/s1. The zero-order valence-electron chi connectivity index (χ0n) is 18.0. The van der Waals surface area contributed by atoms with Gasteiger partial charge in [0.05, 0.1) is 29.5 Å². The van der Waals surface area contributed by atoms with E-state index < -0.39 is 48.5 Å². The number of alkyl halides is 5. The van der Waals surface area contributed by atoms with E-state index in [0.717, 1.165) is 0 Å². The first-order valence-corrected chi connectivity index (χ1v) is 11.0. The molecule has 0 radical (unpaired) electrons. The van der Waals surface area contributed by atoms with E-state index in [2.05, 4.69) is 20.7 Å². The molecule has 3 atom stereocenters. The molecule has 4 rings (SSSR count). The van der Waals surface area contributed by atoms with Gasteiger partial charge in [-0.3, -0.25) is 4.79 Å². The summed E-state index contributed by atoms with van der Waals surface area (Å²) >= 11 is 0. The molecule has 8 nitrogen and oxygen atoms in total. The van der Waals surface area contributed by atoms with Crippen LogP contribution in [0.2, 0.25) is 0 Å². The van der Waals surface area contributed by atoms with Crippen LogP contribution < -0.4 is 10.6 Å². The molecule has 1 saturated carbocycles. The van der Waals surface area contributed by atoms with Gasteiger partial charge in [-0.05, 0) is 37.3 Å². The smallest absolute Gasteiger partial charge is 0.405 e. The molecule has 2 aromatic heterocycles. The Morgan fingerprint density at radius 1 is 1.29 bits per heavy atom. The number of piperidine rings is 1. The summed E-state index contributed by atoms with van der Waals surface area (Å²) in [7, 11) is 0. The molecule has 1 saturated heterocycles. The Morgan fingerprint density at radius 2 is 2.00 bits per heavy atom. The van der Waals surface area contributed by atoms with Crippen LogP contribution in [0.25, 0.3) is 5.65 Å². The Hall–Kier alpha value is -2.99. The van der Waals surface area contributed by atoms with Crippen molar-refractivity contribution in [3.63, 3.8) is 0 Å². The molecule has 1 unspecified atom stereocenters. The highest BCUT2D eigenvalue weighted by molar-refractivity contribution is 5.79. The van der Waals surface area contributed by atoms with E-state index in [1.807, 2.05) is 0 Å². The van der Waals surface area contributed by atoms with Crippen molar-refractivity contribution in [3.05, 3.63) is 29.7 Å². The second-order valence-corrected chi connectivity index (χ2v) is 9.03. The summed E-state index contributed by atoms with van der Waals surface area (Å²) in [5, 5.41) is 18.3. The number of carbonyl (C=O) groups is 2. The molecule has 186 valence electrons. The van der Waals surface area contributed by atoms with Gasteiger partial charge in [-0.25, -0.2) is 23.1 Å². The Kier molecular flexibility index (Phi) is 6.38. The number of hydrogen-bond acceptors (Lipinski definition) is 4. The SMILES string of the molecule is O=C(O)N[C@H](c1cn2nc(CC3C[C@@H](C(F)(F)F)CNC3=O)ccc2n1)C1CCC(F)(F)CC1. The van der Waals surface area contributed by atoms with Crippen molar-refractivity contribution in [3.8, 4) is 0 Å². The fourth-order valence-electron chi connectivity index (χ4n) is 4.74. The summed E-state index contributed by atoms with van der Waals surface area (Å²) < 4.78 is 67.8. The quantitative estimate of drug-likeness (QED) is 0.555. The van der Waals surface area contributed by atoms with E-state index in [1.165, 1.54) is 10.7 Å². The minimum Gasteiger partial charge on any atom is -0.465 e. The minimum atomic E-state index is -4.40. The molecule has 0 aromatic carbocycles. The van der Waals surface area contributed by atoms with Gasteiger partial charge in [0.2, 0.25) is 11.8 Å². The minimum absolute atomic E-state index is 0.00359. The number of nitrogens with zero attached hydrogens (tertiary/aromatic N) is 3. The second kappa shape index (κ2) is 8.99. The normalized spacial score (nSPS) is 24.6. The summed E-state index contributed by atoms with van der Waals surface area (Å²) in [4.78, 5) is 27.8. The molecule has 1 aliphatic heterocycles. The Bertz CT molecular complexity index is 1060. The molecule has 0 spiro atoms. The lowest BCUT2D eigenvalue weighted by atomic mass is 9.81. The van der Waals surface area contributed by atoms with Gasteiger partial charge < -0.3 is 15.7 Å². The van der Waals surface area contributed by atoms with Crippen molar-refractivity contribution in [2.24, 2.45) is 17.8 Å². The fourth-order valence-corrected chi connectivity index (χ4v) is 4.74. The van der Waals surface area contributed by atoms with Crippen LogP contribution >= 0.6 is 0 Å². The largest absolute Gasteiger partial charge is 0.465 e. The van der Waals surface area contributed by atoms with Crippen LogP contribution in [-0.2, 0) is 11.2 Å². The number of aromatic nitrogens is 3. The number of hydrogen-bond donors (Lipinski definition) is 3. The van der Waals surface area contributed by atoms with Crippen LogP contribution in [0.4, 0.5) is 26.7 Å². The molecule has 3 heterocycles. The number of imidazole rings is 1. The first-order valence-electron chi connectivity index (χ1n) is 11.0. The number of carboxylic acid groups (broad SMARTS) is 1. The molecule has 2 fully saturated rings. The third-order valence-electron chi connectivity index (χ3n) is 6.61. The monoisotopic (exact) mass is 489 g/mol. The number of nitrogens with one attached hydrogen (secondary N) is 2. The number of halogens is 5. The summed E-state index contributed by atoms with van der Waals surface area (Å²) in [6.07, 6.45) is -5.00. The average Bonchev–Trinajstić information content (AvgIpc) is 3.16. The lowest BCUT2D eigenvalue weighted by molar-refractivity contribution is -0.183. The van der Waals surface area contributed by atoms with Crippen LogP contribution in [0.1, 0.15) is 49.5 Å². The number of carbonyl (C=O) groups excluding carboxylic acids is 1. The second-order valence-electron chi connectivity index (χ2n) is 9.03. The highest BCUT2D eigenvalue weighted by Crippen LogP contribution is 2.41. The topological polar surface area (TPSA) is 109 Å². The highest BCUT2D eigenvalue weighted by atomic mass is 19.4. The molecular formula is C21H24F5N5O3. The van der Waals surface area contributed by atoms with Crippen molar-refractivity contribution < 1.29 is 36.6 Å². The van der Waals surface area contributed by atoms with Crippen LogP contribution in [0, 0.1) is 17.8 Å². The molecule has 2 aliphatic rings. The first kappa shape index (κ1) is 24.1. The summed E-state index contributed by atoms with van der Waals surface area (Å²) in [6.45, 7) is -0.443. The maximum absolute atomic E-state index is 13.6.